The fraction of sp³-hybridized carbons (Fsp3) is 0.333. The fourth-order valence-electron chi connectivity index (χ4n) is 3.55. The first kappa shape index (κ1) is 20.6. The van der Waals surface area contributed by atoms with E-state index >= 15 is 0 Å². The summed E-state index contributed by atoms with van der Waals surface area (Å²) in [5.74, 6) is 2.26. The Morgan fingerprint density at radius 2 is 1.86 bits per heavy atom. The summed E-state index contributed by atoms with van der Waals surface area (Å²) < 4.78 is 2.05. The SMILES string of the molecule is C#CCNC(=O)c1ccc2nc(-c3ccccc3)c(CN(CCC)CCC)n2c1. The van der Waals surface area contributed by atoms with Crippen LogP contribution in [0.4, 0.5) is 0 Å². The predicted molar refractivity (Wildman–Crippen MR) is 118 cm³/mol. The van der Waals surface area contributed by atoms with Crippen LogP contribution in [-0.2, 0) is 6.54 Å². The molecule has 0 atom stereocenters. The number of fused-ring (bicyclic) bond motifs is 1. The second-order valence-electron chi connectivity index (χ2n) is 7.08. The molecular weight excluding hydrogens is 360 g/mol. The molecule has 5 heteroatoms. The number of amides is 1. The smallest absolute Gasteiger partial charge is 0.253 e. The summed E-state index contributed by atoms with van der Waals surface area (Å²) in [6.45, 7) is 7.44. The lowest BCUT2D eigenvalue weighted by Gasteiger charge is -2.21. The number of hydrogen-bond donors (Lipinski definition) is 1. The maximum absolute atomic E-state index is 12.4. The first-order valence-corrected chi connectivity index (χ1v) is 10.2. The van der Waals surface area contributed by atoms with E-state index in [4.69, 9.17) is 11.4 Å². The van der Waals surface area contributed by atoms with Gasteiger partial charge in [0.2, 0.25) is 0 Å². The molecule has 1 aromatic carbocycles. The fourth-order valence-corrected chi connectivity index (χ4v) is 3.55. The number of imidazole rings is 1. The number of rotatable bonds is 9. The molecule has 0 saturated carbocycles. The zero-order valence-corrected chi connectivity index (χ0v) is 17.2. The largest absolute Gasteiger partial charge is 0.341 e. The molecule has 0 unspecified atom stereocenters. The molecule has 0 saturated heterocycles. The first-order chi connectivity index (χ1) is 14.2. The summed E-state index contributed by atoms with van der Waals surface area (Å²) in [7, 11) is 0. The zero-order chi connectivity index (χ0) is 20.6. The number of aromatic nitrogens is 2. The highest BCUT2D eigenvalue weighted by atomic mass is 16.1. The first-order valence-electron chi connectivity index (χ1n) is 10.2. The molecular formula is C24H28N4O. The second kappa shape index (κ2) is 9.90. The standard InChI is InChI=1S/C24H28N4O/c1-4-14-25-24(29)20-12-13-22-26-23(19-10-8-7-9-11-19)21(28(22)17-20)18-27(15-5-2)16-6-3/h1,7-13,17H,5-6,14-16,18H2,2-3H3,(H,25,29). The molecule has 0 bridgehead atoms. The lowest BCUT2D eigenvalue weighted by molar-refractivity contribution is 0.0958. The van der Waals surface area contributed by atoms with Gasteiger partial charge in [0.15, 0.2) is 0 Å². The van der Waals surface area contributed by atoms with Gasteiger partial charge in [0.25, 0.3) is 5.91 Å². The second-order valence-corrected chi connectivity index (χ2v) is 7.08. The number of carbonyl (C=O) groups is 1. The third-order valence-electron chi connectivity index (χ3n) is 4.83. The minimum absolute atomic E-state index is 0.176. The molecule has 0 aliphatic heterocycles. The van der Waals surface area contributed by atoms with E-state index in [2.05, 4.69) is 42.1 Å². The highest BCUT2D eigenvalue weighted by molar-refractivity contribution is 5.94. The van der Waals surface area contributed by atoms with Crippen molar-refractivity contribution in [1.82, 2.24) is 19.6 Å². The Morgan fingerprint density at radius 3 is 2.52 bits per heavy atom. The van der Waals surface area contributed by atoms with E-state index in [1.54, 1.807) is 6.07 Å². The summed E-state index contributed by atoms with van der Waals surface area (Å²) in [5.41, 5.74) is 4.55. The highest BCUT2D eigenvalue weighted by Crippen LogP contribution is 2.26. The van der Waals surface area contributed by atoms with Gasteiger partial charge in [-0.15, -0.1) is 6.42 Å². The summed E-state index contributed by atoms with van der Waals surface area (Å²) >= 11 is 0. The number of nitrogens with zero attached hydrogens (tertiary/aromatic N) is 3. The van der Waals surface area contributed by atoms with E-state index in [1.807, 2.05) is 34.9 Å². The van der Waals surface area contributed by atoms with Crippen molar-refractivity contribution in [3.05, 3.63) is 59.9 Å². The number of hydrogen-bond acceptors (Lipinski definition) is 3. The van der Waals surface area contributed by atoms with Gasteiger partial charge in [0.1, 0.15) is 5.65 Å². The average molecular weight is 389 g/mol. The van der Waals surface area contributed by atoms with E-state index in [0.29, 0.717) is 5.56 Å². The Hall–Kier alpha value is -3.10. The van der Waals surface area contributed by atoms with Gasteiger partial charge in [-0.1, -0.05) is 50.1 Å². The quantitative estimate of drug-likeness (QED) is 0.564. The molecule has 0 aliphatic carbocycles. The van der Waals surface area contributed by atoms with Crippen molar-refractivity contribution in [3.8, 4) is 23.6 Å². The van der Waals surface area contributed by atoms with Crippen LogP contribution in [0, 0.1) is 12.3 Å². The van der Waals surface area contributed by atoms with Gasteiger partial charge in [-0.05, 0) is 38.1 Å². The molecule has 1 amide bonds. The maximum Gasteiger partial charge on any atom is 0.253 e. The summed E-state index contributed by atoms with van der Waals surface area (Å²) in [4.78, 5) is 19.7. The van der Waals surface area contributed by atoms with Crippen molar-refractivity contribution in [2.24, 2.45) is 0 Å². The minimum Gasteiger partial charge on any atom is -0.341 e. The lowest BCUT2D eigenvalue weighted by atomic mass is 10.1. The van der Waals surface area contributed by atoms with Crippen molar-refractivity contribution in [3.63, 3.8) is 0 Å². The number of terminal acetylenes is 1. The normalized spacial score (nSPS) is 11.0. The predicted octanol–water partition coefficient (Wildman–Crippen LogP) is 3.99. The highest BCUT2D eigenvalue weighted by Gasteiger charge is 2.18. The van der Waals surface area contributed by atoms with Gasteiger partial charge in [-0.25, -0.2) is 4.98 Å². The molecule has 0 radical (unpaired) electrons. The molecule has 5 nitrogen and oxygen atoms in total. The van der Waals surface area contributed by atoms with Crippen molar-refractivity contribution in [2.45, 2.75) is 33.2 Å². The van der Waals surface area contributed by atoms with Gasteiger partial charge >= 0.3 is 0 Å². The molecule has 1 N–H and O–H groups in total. The molecule has 3 rings (SSSR count). The van der Waals surface area contributed by atoms with E-state index < -0.39 is 0 Å². The van der Waals surface area contributed by atoms with E-state index in [9.17, 15) is 4.79 Å². The van der Waals surface area contributed by atoms with Crippen LogP contribution < -0.4 is 5.32 Å². The third-order valence-corrected chi connectivity index (χ3v) is 4.83. The average Bonchev–Trinajstić information content (AvgIpc) is 3.10. The Morgan fingerprint density at radius 1 is 1.14 bits per heavy atom. The molecule has 2 aromatic heterocycles. The van der Waals surface area contributed by atoms with Crippen LogP contribution in [0.25, 0.3) is 16.9 Å². The van der Waals surface area contributed by atoms with Gasteiger partial charge in [0.05, 0.1) is 23.5 Å². The molecule has 0 aliphatic rings. The van der Waals surface area contributed by atoms with E-state index in [-0.39, 0.29) is 12.5 Å². The van der Waals surface area contributed by atoms with Crippen molar-refractivity contribution in [2.75, 3.05) is 19.6 Å². The molecule has 29 heavy (non-hydrogen) atoms. The van der Waals surface area contributed by atoms with Crippen LogP contribution >= 0.6 is 0 Å². The molecule has 150 valence electrons. The zero-order valence-electron chi connectivity index (χ0n) is 17.2. The van der Waals surface area contributed by atoms with E-state index in [1.165, 1.54) is 0 Å². The van der Waals surface area contributed by atoms with Crippen LogP contribution in [0.2, 0.25) is 0 Å². The van der Waals surface area contributed by atoms with Crippen molar-refractivity contribution < 1.29 is 4.79 Å². The van der Waals surface area contributed by atoms with Crippen LogP contribution in [0.3, 0.4) is 0 Å². The van der Waals surface area contributed by atoms with Gasteiger partial charge in [0, 0.05) is 18.3 Å². The third kappa shape index (κ3) is 4.85. The Bertz CT molecular complexity index is 995. The van der Waals surface area contributed by atoms with Crippen LogP contribution in [-0.4, -0.2) is 39.8 Å². The maximum atomic E-state index is 12.4. The summed E-state index contributed by atoms with van der Waals surface area (Å²) in [6.07, 6.45) is 9.32. The number of pyridine rings is 1. The molecule has 2 heterocycles. The Balaban J connectivity index is 2.09. The van der Waals surface area contributed by atoms with Crippen LogP contribution in [0.15, 0.2) is 48.7 Å². The molecule has 0 fully saturated rings. The van der Waals surface area contributed by atoms with Crippen molar-refractivity contribution in [1.29, 1.82) is 0 Å². The lowest BCUT2D eigenvalue weighted by Crippen LogP contribution is -2.26. The molecule has 3 aromatic rings. The summed E-state index contributed by atoms with van der Waals surface area (Å²) in [6, 6.07) is 13.9. The van der Waals surface area contributed by atoms with Gasteiger partial charge in [-0.2, -0.15) is 0 Å². The van der Waals surface area contributed by atoms with Gasteiger partial charge in [-0.3, -0.25) is 9.69 Å². The van der Waals surface area contributed by atoms with Crippen molar-refractivity contribution >= 4 is 11.6 Å². The molecule has 0 spiro atoms. The summed E-state index contributed by atoms with van der Waals surface area (Å²) in [5, 5.41) is 2.73. The number of carbonyl (C=O) groups excluding carboxylic acids is 1. The number of benzene rings is 1. The minimum atomic E-state index is -0.176. The van der Waals surface area contributed by atoms with E-state index in [0.717, 1.165) is 55.1 Å². The van der Waals surface area contributed by atoms with Gasteiger partial charge < -0.3 is 9.72 Å². The van der Waals surface area contributed by atoms with Crippen LogP contribution in [0.5, 0.6) is 0 Å². The topological polar surface area (TPSA) is 49.6 Å². The monoisotopic (exact) mass is 388 g/mol. The Kier molecular flexibility index (Phi) is 7.04. The number of nitrogens with one attached hydrogen (secondary N) is 1. The van der Waals surface area contributed by atoms with Crippen LogP contribution in [0.1, 0.15) is 42.7 Å². The Labute approximate surface area is 172 Å².